The molecule has 9 heteroatoms. The zero-order valence-corrected chi connectivity index (χ0v) is 27.1. The molecule has 1 amide bonds. The molecule has 0 saturated carbocycles. The Morgan fingerprint density at radius 1 is 1.04 bits per heavy atom. The molecule has 3 heterocycles. The molecule has 0 spiro atoms. The predicted octanol–water partition coefficient (Wildman–Crippen LogP) is 7.83. The maximum atomic E-state index is 13.9. The summed E-state index contributed by atoms with van der Waals surface area (Å²) in [6, 6.07) is 13.9. The van der Waals surface area contributed by atoms with Gasteiger partial charge in [-0.05, 0) is 92.8 Å². The van der Waals surface area contributed by atoms with Gasteiger partial charge in [-0.15, -0.1) is 0 Å². The Morgan fingerprint density at radius 3 is 2.64 bits per heavy atom. The van der Waals surface area contributed by atoms with Crippen LogP contribution in [0.2, 0.25) is 0 Å². The van der Waals surface area contributed by atoms with Gasteiger partial charge in [0.15, 0.2) is 16.6 Å². The zero-order valence-electron chi connectivity index (χ0n) is 26.3. The number of aryl methyl sites for hydroxylation is 2. The van der Waals surface area contributed by atoms with E-state index in [0.717, 1.165) is 51.9 Å². The van der Waals surface area contributed by atoms with E-state index in [1.165, 1.54) is 16.2 Å². The topological polar surface area (TPSA) is 98.2 Å². The third kappa shape index (κ3) is 5.77. The first-order valence-electron chi connectivity index (χ1n) is 15.6. The van der Waals surface area contributed by atoms with Gasteiger partial charge in [-0.2, -0.15) is 0 Å². The molecule has 1 aromatic heterocycles. The fourth-order valence-electron chi connectivity index (χ4n) is 6.15. The standard InChI is InChI=1S/C36H38N2O6S/c1-6-8-9-14-43-27-13-10-23(19-28(27)42-7-2)32-30(33(39)24-11-12-26-25(18-24)17-22(5)44-26)34(40)35(41)38(32)36-37-31-21(4)15-20(3)16-29(31)45-36/h10-13,15-16,18-19,22,32,39H,6-9,14,17H2,1-5H3/b33-30-. The first kappa shape index (κ1) is 30.6. The lowest BCUT2D eigenvalue weighted by atomic mass is 9.94. The fraction of sp³-hybridized carbons (Fsp3) is 0.361. The van der Waals surface area contributed by atoms with Gasteiger partial charge >= 0.3 is 5.91 Å². The Balaban J connectivity index is 1.50. The molecule has 3 aromatic carbocycles. The smallest absolute Gasteiger partial charge is 0.301 e. The van der Waals surface area contributed by atoms with Crippen molar-refractivity contribution >= 4 is 44.1 Å². The van der Waals surface area contributed by atoms with Crippen molar-refractivity contribution in [1.29, 1.82) is 0 Å². The molecule has 2 aliphatic rings. The van der Waals surface area contributed by atoms with Gasteiger partial charge in [-0.25, -0.2) is 4.98 Å². The van der Waals surface area contributed by atoms with E-state index in [2.05, 4.69) is 6.92 Å². The molecule has 0 radical (unpaired) electrons. The summed E-state index contributed by atoms with van der Waals surface area (Å²) in [6.07, 6.45) is 3.78. The number of anilines is 1. The van der Waals surface area contributed by atoms with Crippen LogP contribution < -0.4 is 19.1 Å². The number of aliphatic hydroxyl groups is 1. The highest BCUT2D eigenvalue weighted by Gasteiger charge is 2.48. The van der Waals surface area contributed by atoms with Gasteiger partial charge in [-0.3, -0.25) is 14.5 Å². The van der Waals surface area contributed by atoms with Crippen molar-refractivity contribution in [2.75, 3.05) is 18.1 Å². The van der Waals surface area contributed by atoms with E-state index in [4.69, 9.17) is 19.2 Å². The summed E-state index contributed by atoms with van der Waals surface area (Å²) in [6.45, 7) is 11.0. The lowest BCUT2D eigenvalue weighted by Crippen LogP contribution is -2.29. The number of ether oxygens (including phenoxy) is 3. The minimum atomic E-state index is -0.941. The minimum Gasteiger partial charge on any atom is -0.507 e. The van der Waals surface area contributed by atoms with Gasteiger partial charge in [0.2, 0.25) is 0 Å². The number of carbonyl (C=O) groups excluding carboxylic acids is 2. The highest BCUT2D eigenvalue weighted by molar-refractivity contribution is 7.22. The molecule has 1 saturated heterocycles. The number of hydrogen-bond donors (Lipinski definition) is 1. The van der Waals surface area contributed by atoms with Crippen LogP contribution >= 0.6 is 11.3 Å². The second-order valence-electron chi connectivity index (χ2n) is 11.7. The van der Waals surface area contributed by atoms with E-state index in [0.29, 0.717) is 47.4 Å². The van der Waals surface area contributed by atoms with E-state index in [-0.39, 0.29) is 17.4 Å². The number of aromatic nitrogens is 1. The van der Waals surface area contributed by atoms with E-state index < -0.39 is 17.7 Å². The van der Waals surface area contributed by atoms with Gasteiger partial charge in [0.25, 0.3) is 5.78 Å². The number of aliphatic hydroxyl groups excluding tert-OH is 1. The summed E-state index contributed by atoms with van der Waals surface area (Å²) in [5.41, 5.74) is 4.84. The number of hydrogen-bond acceptors (Lipinski definition) is 8. The predicted molar refractivity (Wildman–Crippen MR) is 177 cm³/mol. The number of Topliss-reactive ketones (excluding diaryl/α,β-unsaturated/α-hetero) is 1. The van der Waals surface area contributed by atoms with Crippen LogP contribution in [0.15, 0.2) is 54.1 Å². The molecular weight excluding hydrogens is 588 g/mol. The van der Waals surface area contributed by atoms with Crippen molar-refractivity contribution in [2.45, 2.75) is 72.4 Å². The number of thiazole rings is 1. The van der Waals surface area contributed by atoms with Crippen LogP contribution in [0, 0.1) is 13.8 Å². The summed E-state index contributed by atoms with van der Waals surface area (Å²) in [7, 11) is 0. The number of ketones is 1. The van der Waals surface area contributed by atoms with E-state index in [1.807, 2.05) is 58.0 Å². The number of amides is 1. The number of nitrogens with zero attached hydrogens (tertiary/aromatic N) is 2. The summed E-state index contributed by atoms with van der Waals surface area (Å²) >= 11 is 1.35. The van der Waals surface area contributed by atoms with Crippen molar-refractivity contribution in [3.63, 3.8) is 0 Å². The van der Waals surface area contributed by atoms with Gasteiger partial charge in [0.1, 0.15) is 17.6 Å². The second kappa shape index (κ2) is 12.6. The molecule has 8 nitrogen and oxygen atoms in total. The van der Waals surface area contributed by atoms with Crippen LogP contribution in [-0.2, 0) is 16.0 Å². The van der Waals surface area contributed by atoms with Crippen LogP contribution in [0.3, 0.4) is 0 Å². The number of rotatable bonds is 10. The summed E-state index contributed by atoms with van der Waals surface area (Å²) in [4.78, 5) is 34.0. The molecule has 4 aromatic rings. The third-order valence-corrected chi connectivity index (χ3v) is 9.23. The van der Waals surface area contributed by atoms with Crippen LogP contribution in [0.25, 0.3) is 16.0 Å². The SMILES string of the molecule is CCCCCOc1ccc(C2/C(=C(/O)c3ccc4c(c3)CC(C)O4)C(=O)C(=O)N2c2nc3c(C)cc(C)cc3s2)cc1OCC. The van der Waals surface area contributed by atoms with Crippen molar-refractivity contribution in [3.8, 4) is 17.2 Å². The normalized spacial score (nSPS) is 18.8. The van der Waals surface area contributed by atoms with Crippen molar-refractivity contribution < 1.29 is 28.9 Å². The second-order valence-corrected chi connectivity index (χ2v) is 12.8. The van der Waals surface area contributed by atoms with Gasteiger partial charge in [-0.1, -0.05) is 43.2 Å². The molecule has 234 valence electrons. The monoisotopic (exact) mass is 626 g/mol. The Hall–Kier alpha value is -4.37. The Morgan fingerprint density at radius 2 is 1.87 bits per heavy atom. The zero-order chi connectivity index (χ0) is 31.8. The summed E-state index contributed by atoms with van der Waals surface area (Å²) in [5, 5.41) is 12.2. The molecule has 0 aliphatic carbocycles. The Labute approximate surface area is 267 Å². The average Bonchev–Trinajstić information content (AvgIpc) is 3.68. The quantitative estimate of drug-likeness (QED) is 0.0829. The molecule has 2 aliphatic heterocycles. The van der Waals surface area contributed by atoms with Crippen LogP contribution in [0.4, 0.5) is 5.13 Å². The largest absolute Gasteiger partial charge is 0.507 e. The van der Waals surface area contributed by atoms with Crippen LogP contribution in [0.1, 0.15) is 73.9 Å². The van der Waals surface area contributed by atoms with E-state index in [1.54, 1.807) is 18.2 Å². The Bertz CT molecular complexity index is 1830. The maximum Gasteiger partial charge on any atom is 0.301 e. The lowest BCUT2D eigenvalue weighted by Gasteiger charge is -2.24. The highest BCUT2D eigenvalue weighted by atomic mass is 32.1. The van der Waals surface area contributed by atoms with E-state index >= 15 is 0 Å². The summed E-state index contributed by atoms with van der Waals surface area (Å²) < 4.78 is 18.8. The van der Waals surface area contributed by atoms with Gasteiger partial charge in [0.05, 0.1) is 35.0 Å². The Kier molecular flexibility index (Phi) is 8.55. The van der Waals surface area contributed by atoms with Gasteiger partial charge in [0, 0.05) is 12.0 Å². The van der Waals surface area contributed by atoms with Crippen LogP contribution in [0.5, 0.6) is 17.2 Å². The molecule has 45 heavy (non-hydrogen) atoms. The lowest BCUT2D eigenvalue weighted by molar-refractivity contribution is -0.132. The molecule has 2 unspecified atom stereocenters. The molecule has 2 atom stereocenters. The van der Waals surface area contributed by atoms with E-state index in [9.17, 15) is 14.7 Å². The number of carbonyl (C=O) groups is 2. The van der Waals surface area contributed by atoms with Crippen molar-refractivity contribution in [3.05, 3.63) is 81.9 Å². The molecule has 6 rings (SSSR count). The number of unbranched alkanes of at least 4 members (excludes halogenated alkanes) is 2. The summed E-state index contributed by atoms with van der Waals surface area (Å²) in [5.74, 6) is 0.101. The third-order valence-electron chi connectivity index (χ3n) is 8.23. The maximum absolute atomic E-state index is 13.9. The van der Waals surface area contributed by atoms with Crippen molar-refractivity contribution in [2.24, 2.45) is 0 Å². The first-order chi connectivity index (χ1) is 21.7. The molecule has 1 N–H and O–H groups in total. The fourth-order valence-corrected chi connectivity index (χ4v) is 7.32. The average molecular weight is 627 g/mol. The molecule has 1 fully saturated rings. The minimum absolute atomic E-state index is 0.00173. The molecular formula is C36H38N2O6S. The first-order valence-corrected chi connectivity index (χ1v) is 16.4. The number of fused-ring (bicyclic) bond motifs is 2. The van der Waals surface area contributed by atoms with Crippen LogP contribution in [-0.4, -0.2) is 41.1 Å². The highest BCUT2D eigenvalue weighted by Crippen LogP contribution is 2.46. The number of benzene rings is 3. The van der Waals surface area contributed by atoms with Crippen molar-refractivity contribution in [1.82, 2.24) is 4.98 Å². The van der Waals surface area contributed by atoms with Gasteiger partial charge < -0.3 is 19.3 Å². The molecule has 0 bridgehead atoms.